The second kappa shape index (κ2) is 17.3. The monoisotopic (exact) mass is 864 g/mol. The molecule has 2 aromatic carbocycles. The van der Waals surface area contributed by atoms with Gasteiger partial charge in [-0.25, -0.2) is 4.98 Å². The van der Waals surface area contributed by atoms with Crippen LogP contribution < -0.4 is 30.5 Å². The number of alkyl halides is 3. The number of rotatable bonds is 12. The first kappa shape index (κ1) is 42.8. The van der Waals surface area contributed by atoms with E-state index in [-0.39, 0.29) is 29.0 Å². The van der Waals surface area contributed by atoms with Crippen LogP contribution in [0.1, 0.15) is 82.0 Å². The Kier molecular flexibility index (Phi) is 12.4. The van der Waals surface area contributed by atoms with Gasteiger partial charge >= 0.3 is 6.18 Å². The molecule has 7 rings (SSSR count). The maximum absolute atomic E-state index is 13.9. The molecule has 4 fully saturated rings. The van der Waals surface area contributed by atoms with Crippen molar-refractivity contribution in [1.82, 2.24) is 15.2 Å². The smallest absolute Gasteiger partial charge is 0.419 e. The SMILES string of the molecule is CCc1cc(N2C(=S)N(c3cnc(C#N)c(C(F)(F)F)c3)C(=O)C23CCC3)ccc1OCCC1CCN(C(C)C(=O)Nc2cc(Cl)cc(NC3CCC(=O)NC3=O)c2)CC1. The second-order valence-electron chi connectivity index (χ2n) is 15.6. The van der Waals surface area contributed by atoms with E-state index in [0.717, 1.165) is 61.5 Å². The molecule has 1 aromatic heterocycles. The number of aryl methyl sites for hydroxylation is 1. The van der Waals surface area contributed by atoms with Gasteiger partial charge in [-0.15, -0.1) is 0 Å². The number of nitrogens with zero attached hydrogens (tertiary/aromatic N) is 5. The minimum Gasteiger partial charge on any atom is -0.493 e. The molecule has 2 atom stereocenters. The number of thiocarbonyl (C=S) groups is 1. The van der Waals surface area contributed by atoms with Crippen LogP contribution in [-0.4, -0.2) is 75.9 Å². The van der Waals surface area contributed by atoms with Crippen LogP contribution in [-0.2, 0) is 31.8 Å². The molecule has 0 bridgehead atoms. The van der Waals surface area contributed by atoms with Gasteiger partial charge in [-0.1, -0.05) is 18.5 Å². The number of hydrogen-bond acceptors (Lipinski definition) is 10. The molecule has 3 aliphatic heterocycles. The average molecular weight is 865 g/mol. The number of carbonyl (C=O) groups is 4. The van der Waals surface area contributed by atoms with Gasteiger partial charge in [0.1, 0.15) is 23.4 Å². The molecular formula is C42H44ClF3N8O5S. The highest BCUT2D eigenvalue weighted by atomic mass is 35.5. The lowest BCUT2D eigenvalue weighted by Gasteiger charge is -2.43. The molecule has 3 aromatic rings. The maximum atomic E-state index is 13.9. The van der Waals surface area contributed by atoms with Gasteiger partial charge in [-0.05, 0) is 138 Å². The Morgan fingerprint density at radius 2 is 1.83 bits per heavy atom. The number of nitriles is 1. The zero-order valence-electron chi connectivity index (χ0n) is 33.0. The van der Waals surface area contributed by atoms with E-state index in [2.05, 4.69) is 25.8 Å². The van der Waals surface area contributed by atoms with E-state index in [4.69, 9.17) is 28.6 Å². The molecule has 3 N–H and O–H groups in total. The number of nitrogens with one attached hydrogen (secondary N) is 3. The molecule has 3 saturated heterocycles. The largest absolute Gasteiger partial charge is 0.493 e. The molecular weight excluding hydrogens is 821 g/mol. The van der Waals surface area contributed by atoms with E-state index in [1.54, 1.807) is 23.1 Å². The molecule has 1 aliphatic carbocycles. The standard InChI is InChI=1S/C42H44ClF3N8O5S/c1-3-26-17-30(54-40(60)53(39(58)41(54)12-4-13-41)31-21-32(42(44,45)46)34(22-47)48-23-31)5-7-35(26)59-16-11-25-9-14-52(15-10-25)24(2)37(56)50-29-19-27(43)18-28(20-29)49-33-6-8-36(55)51-38(33)57/h5,7,17-21,23-25,33,49H,3-4,6,8-16H2,1-2H3,(H,50,56)(H,51,55,57). The van der Waals surface area contributed by atoms with Crippen molar-refractivity contribution in [3.8, 4) is 11.8 Å². The lowest BCUT2D eigenvalue weighted by atomic mass is 9.75. The highest BCUT2D eigenvalue weighted by molar-refractivity contribution is 7.81. The molecule has 13 nitrogen and oxygen atoms in total. The molecule has 4 heterocycles. The van der Waals surface area contributed by atoms with Gasteiger partial charge < -0.3 is 20.3 Å². The van der Waals surface area contributed by atoms with Crippen LogP contribution >= 0.6 is 23.8 Å². The number of ether oxygens (including phenoxy) is 1. The zero-order valence-corrected chi connectivity index (χ0v) is 34.6. The van der Waals surface area contributed by atoms with Crippen LogP contribution in [0, 0.1) is 17.2 Å². The normalized spacial score (nSPS) is 20.1. The third-order valence-electron chi connectivity index (χ3n) is 11.9. The molecule has 2 unspecified atom stereocenters. The number of benzene rings is 2. The summed E-state index contributed by atoms with van der Waals surface area (Å²) in [4.78, 5) is 59.7. The molecule has 0 radical (unpaired) electrons. The van der Waals surface area contributed by atoms with Gasteiger partial charge in [0.15, 0.2) is 10.8 Å². The van der Waals surface area contributed by atoms with E-state index in [9.17, 15) is 37.6 Å². The summed E-state index contributed by atoms with van der Waals surface area (Å²) in [6.07, 6.45) is 1.73. The summed E-state index contributed by atoms with van der Waals surface area (Å²) in [5, 5.41) is 18.0. The quantitative estimate of drug-likeness (QED) is 0.128. The van der Waals surface area contributed by atoms with Crippen molar-refractivity contribution in [2.75, 3.05) is 40.1 Å². The summed E-state index contributed by atoms with van der Waals surface area (Å²) in [6, 6.07) is 11.8. The summed E-state index contributed by atoms with van der Waals surface area (Å²) in [5.41, 5.74) is -0.601. The van der Waals surface area contributed by atoms with Gasteiger partial charge in [-0.3, -0.25) is 34.3 Å². The third-order valence-corrected chi connectivity index (χ3v) is 12.5. The fourth-order valence-corrected chi connectivity index (χ4v) is 9.07. The van der Waals surface area contributed by atoms with Gasteiger partial charge in [0.25, 0.3) is 5.91 Å². The number of amides is 4. The van der Waals surface area contributed by atoms with Crippen LogP contribution in [0.4, 0.5) is 35.9 Å². The van der Waals surface area contributed by atoms with Crippen molar-refractivity contribution in [3.05, 3.63) is 70.5 Å². The van der Waals surface area contributed by atoms with Crippen molar-refractivity contribution in [2.45, 2.75) is 95.4 Å². The number of carbonyl (C=O) groups excluding carboxylic acids is 4. The van der Waals surface area contributed by atoms with E-state index in [1.165, 1.54) is 6.07 Å². The third kappa shape index (κ3) is 8.63. The highest BCUT2D eigenvalue weighted by Gasteiger charge is 2.60. The van der Waals surface area contributed by atoms with E-state index in [0.29, 0.717) is 66.0 Å². The number of likely N-dealkylation sites (tertiary alicyclic amines) is 1. The second-order valence-corrected chi connectivity index (χ2v) is 16.4. The van der Waals surface area contributed by atoms with Crippen LogP contribution in [0.5, 0.6) is 5.75 Å². The Morgan fingerprint density at radius 3 is 2.48 bits per heavy atom. The van der Waals surface area contributed by atoms with Crippen LogP contribution in [0.25, 0.3) is 0 Å². The molecule has 1 spiro atoms. The Morgan fingerprint density at radius 1 is 1.10 bits per heavy atom. The number of anilines is 4. The summed E-state index contributed by atoms with van der Waals surface area (Å²) in [6.45, 7) is 5.79. The van der Waals surface area contributed by atoms with Crippen molar-refractivity contribution in [1.29, 1.82) is 5.26 Å². The first-order chi connectivity index (χ1) is 28.6. The molecule has 4 amide bonds. The maximum Gasteiger partial charge on any atom is 0.419 e. The summed E-state index contributed by atoms with van der Waals surface area (Å²) < 4.78 is 47.7. The number of aromatic nitrogens is 1. The van der Waals surface area contributed by atoms with Crippen LogP contribution in [0.3, 0.4) is 0 Å². The minimum absolute atomic E-state index is 0.0473. The first-order valence-corrected chi connectivity index (χ1v) is 20.8. The molecule has 1 saturated carbocycles. The molecule has 18 heteroatoms. The van der Waals surface area contributed by atoms with Crippen molar-refractivity contribution >= 4 is 75.3 Å². The Bertz CT molecular complexity index is 2260. The van der Waals surface area contributed by atoms with Crippen LogP contribution in [0.2, 0.25) is 5.02 Å². The number of halogens is 4. The lowest BCUT2D eigenvalue weighted by molar-refractivity contribution is -0.138. The lowest BCUT2D eigenvalue weighted by Crippen LogP contribution is -2.55. The van der Waals surface area contributed by atoms with Gasteiger partial charge in [0, 0.05) is 28.5 Å². The van der Waals surface area contributed by atoms with Crippen molar-refractivity contribution in [3.63, 3.8) is 0 Å². The fourth-order valence-electron chi connectivity index (χ4n) is 8.37. The number of imide groups is 1. The van der Waals surface area contributed by atoms with Crippen molar-refractivity contribution < 1.29 is 37.1 Å². The van der Waals surface area contributed by atoms with Crippen molar-refractivity contribution in [2.24, 2.45) is 5.92 Å². The Hall–Kier alpha value is -5.31. The topological polar surface area (TPSA) is 160 Å². The predicted octanol–water partition coefficient (Wildman–Crippen LogP) is 6.97. The van der Waals surface area contributed by atoms with Gasteiger partial charge in [0.2, 0.25) is 17.7 Å². The fraction of sp³-hybridized carbons (Fsp3) is 0.452. The Balaban J connectivity index is 0.928. The number of piperidine rings is 2. The Labute approximate surface area is 355 Å². The first-order valence-electron chi connectivity index (χ1n) is 20.0. The van der Waals surface area contributed by atoms with E-state index < -0.39 is 46.9 Å². The highest BCUT2D eigenvalue weighted by Crippen LogP contribution is 2.49. The summed E-state index contributed by atoms with van der Waals surface area (Å²) in [5.74, 6) is -0.228. The van der Waals surface area contributed by atoms with Crippen LogP contribution in [0.15, 0.2) is 48.7 Å². The number of hydrogen-bond donors (Lipinski definition) is 3. The van der Waals surface area contributed by atoms with E-state index in [1.807, 2.05) is 32.0 Å². The molecule has 4 aliphatic rings. The average Bonchev–Trinajstić information content (AvgIpc) is 3.44. The number of pyridine rings is 1. The predicted molar refractivity (Wildman–Crippen MR) is 223 cm³/mol. The molecule has 60 heavy (non-hydrogen) atoms. The van der Waals surface area contributed by atoms with Gasteiger partial charge in [0.05, 0.1) is 30.1 Å². The minimum atomic E-state index is -4.85. The van der Waals surface area contributed by atoms with Gasteiger partial charge in [-0.2, -0.15) is 18.4 Å². The summed E-state index contributed by atoms with van der Waals surface area (Å²) >= 11 is 12.1. The summed E-state index contributed by atoms with van der Waals surface area (Å²) in [7, 11) is 0. The van der Waals surface area contributed by atoms with E-state index >= 15 is 0 Å². The molecule has 316 valence electrons. The zero-order chi connectivity index (χ0) is 42.9.